The topological polar surface area (TPSA) is 64.8 Å². The predicted molar refractivity (Wildman–Crippen MR) is 82.1 cm³/mol. The fourth-order valence-electron chi connectivity index (χ4n) is 3.55. The molecule has 2 aliphatic heterocycles. The normalized spacial score (nSPS) is 26.8. The van der Waals surface area contributed by atoms with E-state index >= 15 is 0 Å². The van der Waals surface area contributed by atoms with Gasteiger partial charge in [0.25, 0.3) is 5.91 Å². The lowest BCUT2D eigenvalue weighted by Gasteiger charge is -2.38. The molecule has 0 aromatic carbocycles. The van der Waals surface area contributed by atoms with Crippen molar-refractivity contribution in [3.05, 3.63) is 17.5 Å². The van der Waals surface area contributed by atoms with Crippen LogP contribution in [0.25, 0.3) is 0 Å². The van der Waals surface area contributed by atoms with Crippen LogP contribution in [0.1, 0.15) is 48.4 Å². The minimum absolute atomic E-state index is 0.0695. The van der Waals surface area contributed by atoms with Gasteiger partial charge in [0.2, 0.25) is 5.76 Å². The summed E-state index contributed by atoms with van der Waals surface area (Å²) in [5.41, 5.74) is 0.638. The summed E-state index contributed by atoms with van der Waals surface area (Å²) in [6.45, 7) is 4.81. The Balaban J connectivity index is 1.29. The van der Waals surface area contributed by atoms with Gasteiger partial charge < -0.3 is 18.9 Å². The van der Waals surface area contributed by atoms with Crippen LogP contribution < -0.4 is 0 Å². The maximum atomic E-state index is 12.4. The highest BCUT2D eigenvalue weighted by Gasteiger charge is 2.44. The molecule has 1 spiro atoms. The SMILES string of the molecule is Cc1cc(C(=O)N2CCC3(CC2)C[C@H](OCC2CC2)CO3)on1. The van der Waals surface area contributed by atoms with Gasteiger partial charge in [-0.2, -0.15) is 0 Å². The number of piperidine rings is 1. The summed E-state index contributed by atoms with van der Waals surface area (Å²) in [6, 6.07) is 1.69. The third-order valence-corrected chi connectivity index (χ3v) is 5.24. The molecule has 1 atom stereocenters. The van der Waals surface area contributed by atoms with Gasteiger partial charge >= 0.3 is 0 Å². The summed E-state index contributed by atoms with van der Waals surface area (Å²) in [5, 5.41) is 3.79. The average Bonchev–Trinajstić information content (AvgIpc) is 3.17. The van der Waals surface area contributed by atoms with Gasteiger partial charge in [0.05, 0.1) is 24.0 Å². The fourth-order valence-corrected chi connectivity index (χ4v) is 3.55. The van der Waals surface area contributed by atoms with E-state index in [9.17, 15) is 4.79 Å². The summed E-state index contributed by atoms with van der Waals surface area (Å²) < 4.78 is 17.1. The number of aromatic nitrogens is 1. The second-order valence-electron chi connectivity index (χ2n) is 7.22. The summed E-state index contributed by atoms with van der Waals surface area (Å²) in [6.07, 6.45) is 5.57. The zero-order valence-electron chi connectivity index (χ0n) is 13.6. The molecular weight excluding hydrogens is 296 g/mol. The van der Waals surface area contributed by atoms with E-state index in [4.69, 9.17) is 14.0 Å². The van der Waals surface area contributed by atoms with Crippen LogP contribution in [-0.2, 0) is 9.47 Å². The second-order valence-corrected chi connectivity index (χ2v) is 7.22. The van der Waals surface area contributed by atoms with Crippen LogP contribution in [0, 0.1) is 12.8 Å². The lowest BCUT2D eigenvalue weighted by Crippen LogP contribution is -2.46. The van der Waals surface area contributed by atoms with E-state index in [1.54, 1.807) is 6.07 Å². The smallest absolute Gasteiger partial charge is 0.292 e. The molecule has 1 saturated carbocycles. The molecule has 0 bridgehead atoms. The van der Waals surface area contributed by atoms with Gasteiger partial charge in [-0.3, -0.25) is 4.79 Å². The number of carbonyl (C=O) groups excluding carboxylic acids is 1. The van der Waals surface area contributed by atoms with Crippen molar-refractivity contribution in [1.82, 2.24) is 10.1 Å². The monoisotopic (exact) mass is 320 g/mol. The Hall–Kier alpha value is -1.40. The number of ether oxygens (including phenoxy) is 2. The Labute approximate surface area is 136 Å². The molecule has 6 nitrogen and oxygen atoms in total. The standard InChI is InChI=1S/C17H24N2O4/c1-12-8-15(23-18-12)16(20)19-6-4-17(5-7-19)9-14(11-22-17)21-10-13-2-3-13/h8,13-14H,2-7,9-11H2,1H3/t14-/m0/s1. The minimum Gasteiger partial charge on any atom is -0.375 e. The first-order valence-electron chi connectivity index (χ1n) is 8.62. The van der Waals surface area contributed by atoms with E-state index in [0.717, 1.165) is 37.5 Å². The van der Waals surface area contributed by atoms with E-state index < -0.39 is 0 Å². The Bertz CT molecular complexity index is 573. The number of carbonyl (C=O) groups is 1. The molecule has 3 heterocycles. The molecule has 6 heteroatoms. The number of amides is 1. The maximum Gasteiger partial charge on any atom is 0.292 e. The molecule has 2 saturated heterocycles. The Morgan fingerprint density at radius 2 is 2.22 bits per heavy atom. The summed E-state index contributed by atoms with van der Waals surface area (Å²) in [4.78, 5) is 14.2. The molecule has 126 valence electrons. The lowest BCUT2D eigenvalue weighted by atomic mass is 9.88. The molecule has 0 N–H and O–H groups in total. The number of likely N-dealkylation sites (tertiary alicyclic amines) is 1. The number of hydrogen-bond donors (Lipinski definition) is 0. The first kappa shape index (κ1) is 15.1. The highest BCUT2D eigenvalue weighted by Crippen LogP contribution is 2.38. The molecule has 1 amide bonds. The van der Waals surface area contributed by atoms with Crippen molar-refractivity contribution in [2.45, 2.75) is 50.7 Å². The number of rotatable bonds is 4. The van der Waals surface area contributed by atoms with Crippen LogP contribution in [-0.4, -0.2) is 54.0 Å². The van der Waals surface area contributed by atoms with Crippen LogP contribution in [0.3, 0.4) is 0 Å². The van der Waals surface area contributed by atoms with Gasteiger partial charge in [0.15, 0.2) is 0 Å². The van der Waals surface area contributed by atoms with E-state index in [2.05, 4.69) is 5.16 Å². The van der Waals surface area contributed by atoms with Crippen molar-refractivity contribution in [2.24, 2.45) is 5.92 Å². The molecular formula is C17H24N2O4. The van der Waals surface area contributed by atoms with Crippen LogP contribution in [0.2, 0.25) is 0 Å². The molecule has 1 aromatic rings. The molecule has 3 aliphatic rings. The summed E-state index contributed by atoms with van der Waals surface area (Å²) >= 11 is 0. The number of nitrogens with zero attached hydrogens (tertiary/aromatic N) is 2. The van der Waals surface area contributed by atoms with Crippen molar-refractivity contribution in [3.63, 3.8) is 0 Å². The minimum atomic E-state index is -0.0949. The Morgan fingerprint density at radius 1 is 1.43 bits per heavy atom. The van der Waals surface area contributed by atoms with Gasteiger partial charge in [0, 0.05) is 32.2 Å². The van der Waals surface area contributed by atoms with Gasteiger partial charge in [0.1, 0.15) is 0 Å². The Kier molecular flexibility index (Phi) is 3.89. The van der Waals surface area contributed by atoms with Gasteiger partial charge in [-0.05, 0) is 38.5 Å². The Morgan fingerprint density at radius 3 is 2.87 bits per heavy atom. The van der Waals surface area contributed by atoms with Gasteiger partial charge in [-0.1, -0.05) is 5.16 Å². The zero-order valence-corrected chi connectivity index (χ0v) is 13.6. The summed E-state index contributed by atoms with van der Waals surface area (Å²) in [7, 11) is 0. The molecule has 1 aromatic heterocycles. The van der Waals surface area contributed by atoms with Crippen molar-refractivity contribution < 1.29 is 18.8 Å². The van der Waals surface area contributed by atoms with Crippen LogP contribution in [0.15, 0.2) is 10.6 Å². The predicted octanol–water partition coefficient (Wildman–Crippen LogP) is 2.17. The highest BCUT2D eigenvalue weighted by molar-refractivity contribution is 5.91. The third-order valence-electron chi connectivity index (χ3n) is 5.24. The van der Waals surface area contributed by atoms with E-state index in [0.29, 0.717) is 25.5 Å². The number of hydrogen-bond acceptors (Lipinski definition) is 5. The number of aryl methyl sites for hydroxylation is 1. The molecule has 0 unspecified atom stereocenters. The summed E-state index contributed by atoms with van der Waals surface area (Å²) in [5.74, 6) is 1.05. The second kappa shape index (κ2) is 5.91. The van der Waals surface area contributed by atoms with E-state index in [1.807, 2.05) is 11.8 Å². The molecule has 3 fully saturated rings. The zero-order chi connectivity index (χ0) is 15.9. The first-order valence-corrected chi connectivity index (χ1v) is 8.62. The van der Waals surface area contributed by atoms with Gasteiger partial charge in [-0.25, -0.2) is 0 Å². The maximum absolute atomic E-state index is 12.4. The first-order chi connectivity index (χ1) is 11.1. The van der Waals surface area contributed by atoms with Crippen molar-refractivity contribution in [3.8, 4) is 0 Å². The molecule has 4 rings (SSSR count). The average molecular weight is 320 g/mol. The van der Waals surface area contributed by atoms with Crippen LogP contribution >= 0.6 is 0 Å². The quantitative estimate of drug-likeness (QED) is 0.851. The van der Waals surface area contributed by atoms with Crippen LogP contribution in [0.5, 0.6) is 0 Å². The fraction of sp³-hybridized carbons (Fsp3) is 0.765. The van der Waals surface area contributed by atoms with Crippen molar-refractivity contribution in [1.29, 1.82) is 0 Å². The molecule has 1 aliphatic carbocycles. The van der Waals surface area contributed by atoms with Crippen molar-refractivity contribution in [2.75, 3.05) is 26.3 Å². The van der Waals surface area contributed by atoms with Gasteiger partial charge in [-0.15, -0.1) is 0 Å². The molecule has 0 radical (unpaired) electrons. The van der Waals surface area contributed by atoms with E-state index in [1.165, 1.54) is 12.8 Å². The van der Waals surface area contributed by atoms with Crippen molar-refractivity contribution >= 4 is 5.91 Å². The van der Waals surface area contributed by atoms with Crippen LogP contribution in [0.4, 0.5) is 0 Å². The lowest BCUT2D eigenvalue weighted by molar-refractivity contribution is -0.0415. The largest absolute Gasteiger partial charge is 0.375 e. The molecule has 23 heavy (non-hydrogen) atoms. The third kappa shape index (κ3) is 3.28. The highest BCUT2D eigenvalue weighted by atomic mass is 16.6. The van der Waals surface area contributed by atoms with E-state index in [-0.39, 0.29) is 17.6 Å².